The third-order valence-electron chi connectivity index (χ3n) is 3.19. The number of carbonyl (C=O) groups excluding carboxylic acids is 1. The Morgan fingerprint density at radius 3 is 2.83 bits per heavy atom. The molecule has 4 nitrogen and oxygen atoms in total. The van der Waals surface area contributed by atoms with Crippen molar-refractivity contribution in [3.05, 3.63) is 17.5 Å². The maximum absolute atomic E-state index is 11.9. The summed E-state index contributed by atoms with van der Waals surface area (Å²) in [5.74, 6) is 5.26. The van der Waals surface area contributed by atoms with Crippen molar-refractivity contribution in [1.29, 1.82) is 0 Å². The van der Waals surface area contributed by atoms with Crippen molar-refractivity contribution in [1.82, 2.24) is 14.7 Å². The minimum Gasteiger partial charge on any atom is -0.324 e. The van der Waals surface area contributed by atoms with E-state index in [1.165, 1.54) is 0 Å². The highest BCUT2D eigenvalue weighted by Crippen LogP contribution is 2.28. The van der Waals surface area contributed by atoms with E-state index in [1.807, 2.05) is 22.7 Å². The number of hydrogen-bond acceptors (Lipinski definition) is 2. The molecule has 1 saturated carbocycles. The van der Waals surface area contributed by atoms with Gasteiger partial charge in [0.05, 0.1) is 12.2 Å². The third kappa shape index (κ3) is 2.73. The predicted octanol–water partition coefficient (Wildman–Crippen LogP) is 1.73. The van der Waals surface area contributed by atoms with Gasteiger partial charge in [0.15, 0.2) is 0 Å². The van der Waals surface area contributed by atoms with E-state index in [9.17, 15) is 4.79 Å². The zero-order chi connectivity index (χ0) is 13.1. The van der Waals surface area contributed by atoms with Gasteiger partial charge >= 0.3 is 0 Å². The van der Waals surface area contributed by atoms with E-state index in [-0.39, 0.29) is 5.91 Å². The minimum absolute atomic E-state index is 0.0661. The number of amides is 1. The first-order chi connectivity index (χ1) is 8.65. The standard InChI is InChI=1S/C14H19N3O/c1-4-6-14(18)17(13-7-8-13)10-12-9-16(5-2)15-11(12)3/h9,13H,5,7-8,10H2,1-3H3. The molecule has 1 aromatic heterocycles. The molecular weight excluding hydrogens is 226 g/mol. The highest BCUT2D eigenvalue weighted by molar-refractivity contribution is 5.93. The monoisotopic (exact) mass is 245 g/mol. The van der Waals surface area contributed by atoms with Crippen LogP contribution in [0, 0.1) is 18.8 Å². The average Bonchev–Trinajstić information content (AvgIpc) is 3.11. The molecule has 18 heavy (non-hydrogen) atoms. The van der Waals surface area contributed by atoms with Gasteiger partial charge in [-0.2, -0.15) is 5.10 Å². The molecule has 0 bridgehead atoms. The molecule has 0 aliphatic heterocycles. The maximum atomic E-state index is 11.9. The molecule has 0 spiro atoms. The summed E-state index contributed by atoms with van der Waals surface area (Å²) >= 11 is 0. The molecule has 2 rings (SSSR count). The Bertz CT molecular complexity index is 503. The lowest BCUT2D eigenvalue weighted by Gasteiger charge is -2.19. The highest BCUT2D eigenvalue weighted by Gasteiger charge is 2.32. The van der Waals surface area contributed by atoms with Gasteiger partial charge in [-0.3, -0.25) is 9.48 Å². The number of aryl methyl sites for hydroxylation is 2. The van der Waals surface area contributed by atoms with Crippen LogP contribution in [0.25, 0.3) is 0 Å². The van der Waals surface area contributed by atoms with Crippen LogP contribution < -0.4 is 0 Å². The predicted molar refractivity (Wildman–Crippen MR) is 69.7 cm³/mol. The number of aromatic nitrogens is 2. The second-order valence-electron chi connectivity index (χ2n) is 4.63. The zero-order valence-corrected chi connectivity index (χ0v) is 11.2. The molecule has 0 saturated heterocycles. The van der Waals surface area contributed by atoms with Crippen LogP contribution in [0.2, 0.25) is 0 Å². The number of nitrogens with zero attached hydrogens (tertiary/aromatic N) is 3. The van der Waals surface area contributed by atoms with Crippen molar-refractivity contribution in [2.75, 3.05) is 0 Å². The van der Waals surface area contributed by atoms with Crippen molar-refractivity contribution in [2.45, 2.75) is 52.7 Å². The van der Waals surface area contributed by atoms with Crippen LogP contribution in [-0.2, 0) is 17.9 Å². The van der Waals surface area contributed by atoms with Crippen LogP contribution in [0.3, 0.4) is 0 Å². The highest BCUT2D eigenvalue weighted by atomic mass is 16.2. The van der Waals surface area contributed by atoms with Crippen LogP contribution >= 0.6 is 0 Å². The Kier molecular flexibility index (Phi) is 3.71. The van der Waals surface area contributed by atoms with Crippen LogP contribution in [0.1, 0.15) is 37.9 Å². The molecule has 1 aromatic rings. The second-order valence-corrected chi connectivity index (χ2v) is 4.63. The summed E-state index contributed by atoms with van der Waals surface area (Å²) in [6.45, 7) is 7.23. The van der Waals surface area contributed by atoms with Gasteiger partial charge in [0.25, 0.3) is 5.91 Å². The summed E-state index contributed by atoms with van der Waals surface area (Å²) < 4.78 is 1.91. The van der Waals surface area contributed by atoms with Crippen LogP contribution in [0.5, 0.6) is 0 Å². The molecule has 0 atom stereocenters. The smallest absolute Gasteiger partial charge is 0.299 e. The fourth-order valence-corrected chi connectivity index (χ4v) is 1.99. The van der Waals surface area contributed by atoms with E-state index in [1.54, 1.807) is 6.92 Å². The molecule has 1 aliphatic carbocycles. The molecule has 0 aromatic carbocycles. The number of carbonyl (C=O) groups is 1. The Labute approximate surface area is 108 Å². The summed E-state index contributed by atoms with van der Waals surface area (Å²) in [5, 5.41) is 4.41. The van der Waals surface area contributed by atoms with Crippen molar-refractivity contribution < 1.29 is 4.79 Å². The van der Waals surface area contributed by atoms with Crippen LogP contribution in [0.15, 0.2) is 6.20 Å². The minimum atomic E-state index is -0.0661. The lowest BCUT2D eigenvalue weighted by molar-refractivity contribution is -0.126. The first-order valence-corrected chi connectivity index (χ1v) is 6.42. The molecule has 0 radical (unpaired) electrons. The van der Waals surface area contributed by atoms with Gasteiger partial charge < -0.3 is 4.90 Å². The lowest BCUT2D eigenvalue weighted by atomic mass is 10.2. The van der Waals surface area contributed by atoms with Crippen molar-refractivity contribution >= 4 is 5.91 Å². The molecule has 0 unspecified atom stereocenters. The fourth-order valence-electron chi connectivity index (χ4n) is 1.99. The molecule has 0 N–H and O–H groups in total. The Hall–Kier alpha value is -1.76. The molecule has 1 heterocycles. The molecule has 1 amide bonds. The average molecular weight is 245 g/mol. The molecule has 1 aliphatic rings. The van der Waals surface area contributed by atoms with Gasteiger partial charge in [0, 0.05) is 24.3 Å². The summed E-state index contributed by atoms with van der Waals surface area (Å²) in [5.41, 5.74) is 2.12. The zero-order valence-electron chi connectivity index (χ0n) is 11.2. The third-order valence-corrected chi connectivity index (χ3v) is 3.19. The quantitative estimate of drug-likeness (QED) is 0.758. The van der Waals surface area contributed by atoms with E-state index in [0.717, 1.165) is 30.6 Å². The van der Waals surface area contributed by atoms with Gasteiger partial charge in [-0.15, -0.1) is 0 Å². The van der Waals surface area contributed by atoms with Crippen molar-refractivity contribution in [2.24, 2.45) is 0 Å². The largest absolute Gasteiger partial charge is 0.324 e. The molecule has 96 valence electrons. The van der Waals surface area contributed by atoms with E-state index in [0.29, 0.717) is 12.6 Å². The Morgan fingerprint density at radius 1 is 1.61 bits per heavy atom. The fraction of sp³-hybridized carbons (Fsp3) is 0.571. The first-order valence-electron chi connectivity index (χ1n) is 6.42. The Morgan fingerprint density at radius 2 is 2.33 bits per heavy atom. The first kappa shape index (κ1) is 12.7. The summed E-state index contributed by atoms with van der Waals surface area (Å²) in [6.07, 6.45) is 4.22. The van der Waals surface area contributed by atoms with E-state index < -0.39 is 0 Å². The summed E-state index contributed by atoms with van der Waals surface area (Å²) in [7, 11) is 0. The number of rotatable bonds is 4. The van der Waals surface area contributed by atoms with Gasteiger partial charge in [-0.05, 0) is 39.5 Å². The van der Waals surface area contributed by atoms with Gasteiger partial charge in [-0.25, -0.2) is 0 Å². The van der Waals surface area contributed by atoms with Crippen molar-refractivity contribution in [3.8, 4) is 11.8 Å². The normalized spacial score (nSPS) is 13.9. The SMILES string of the molecule is CC#CC(=O)N(Cc1cn(CC)nc1C)C1CC1. The molecule has 1 fully saturated rings. The lowest BCUT2D eigenvalue weighted by Crippen LogP contribution is -2.31. The second kappa shape index (κ2) is 5.26. The van der Waals surface area contributed by atoms with Gasteiger partial charge in [0.2, 0.25) is 0 Å². The van der Waals surface area contributed by atoms with Crippen LogP contribution in [-0.4, -0.2) is 26.6 Å². The molecule has 4 heteroatoms. The topological polar surface area (TPSA) is 38.1 Å². The van der Waals surface area contributed by atoms with E-state index in [4.69, 9.17) is 0 Å². The van der Waals surface area contributed by atoms with E-state index in [2.05, 4.69) is 23.9 Å². The maximum Gasteiger partial charge on any atom is 0.299 e. The number of hydrogen-bond donors (Lipinski definition) is 0. The Balaban J connectivity index is 2.14. The van der Waals surface area contributed by atoms with Gasteiger partial charge in [0.1, 0.15) is 0 Å². The van der Waals surface area contributed by atoms with Gasteiger partial charge in [-0.1, -0.05) is 5.92 Å². The van der Waals surface area contributed by atoms with E-state index >= 15 is 0 Å². The van der Waals surface area contributed by atoms with Crippen molar-refractivity contribution in [3.63, 3.8) is 0 Å². The molecular formula is C14H19N3O. The van der Waals surface area contributed by atoms with Crippen LogP contribution in [0.4, 0.5) is 0 Å². The summed E-state index contributed by atoms with van der Waals surface area (Å²) in [4.78, 5) is 13.8. The summed E-state index contributed by atoms with van der Waals surface area (Å²) in [6, 6.07) is 0.378.